The number of hydrogen-bond donors (Lipinski definition) is 3. The number of piperidine rings is 3. The maximum Gasteiger partial charge on any atom is 0.408 e. The van der Waals surface area contributed by atoms with E-state index >= 15 is 0 Å². The van der Waals surface area contributed by atoms with E-state index in [9.17, 15) is 19.5 Å². The lowest BCUT2D eigenvalue weighted by Crippen LogP contribution is -2.49. The molecule has 4 N–H and O–H groups in total. The van der Waals surface area contributed by atoms with Crippen molar-refractivity contribution in [3.8, 4) is 33.8 Å². The van der Waals surface area contributed by atoms with Crippen LogP contribution in [-0.2, 0) is 43.1 Å². The highest BCUT2D eigenvalue weighted by molar-refractivity contribution is 5.83. The summed E-state index contributed by atoms with van der Waals surface area (Å²) in [7, 11) is 0. The van der Waals surface area contributed by atoms with Gasteiger partial charge in [0.05, 0.1) is 41.3 Å². The van der Waals surface area contributed by atoms with Crippen molar-refractivity contribution in [2.75, 3.05) is 54.0 Å². The number of aliphatic hydroxyl groups excluding tert-OH is 1. The Balaban J connectivity index is 0.000000131. The van der Waals surface area contributed by atoms with Gasteiger partial charge >= 0.3 is 18.0 Å². The van der Waals surface area contributed by atoms with Crippen molar-refractivity contribution < 1.29 is 33.7 Å². The molecule has 0 unspecified atom stereocenters. The summed E-state index contributed by atoms with van der Waals surface area (Å²) in [5, 5.41) is 12.4. The van der Waals surface area contributed by atoms with E-state index in [1.54, 1.807) is 20.8 Å². The molecule has 3 saturated heterocycles. The average molecular weight is 1540 g/mol. The number of aryl methyl sites for hydroxylation is 3. The minimum Gasteiger partial charge on any atom is -0.461 e. The SMILES string of the molecule is CC(C)[C@H](N)C(=O)OC1CCN(c2ncc(-c3ccc4nc5n(c4n3)[C@@H](c3ccccc3)CC5)cn2)CC1.CC(C)[C@H](NC(=O)OC(C)(C)C)C(=O)OC1CCN(c2ncc(-c3ccc4nc5n(c4n3)[C@@H](c3ccccc3)CC5)cn2)CC1.OC1CCN(c2ncc(-c3ccc4nc5n(c4n3)[C@@H](c3ccccc3)CC5)cn2)CC1. The van der Waals surface area contributed by atoms with Gasteiger partial charge < -0.3 is 58.8 Å². The molecule has 588 valence electrons. The van der Waals surface area contributed by atoms with E-state index in [-0.39, 0.29) is 54.2 Å². The normalized spacial score (nSPS) is 18.4. The number of alkyl carbamates (subject to hydrolysis) is 1. The number of ether oxygens (including phenoxy) is 3. The van der Waals surface area contributed by atoms with Crippen LogP contribution in [0.25, 0.3) is 67.3 Å². The highest BCUT2D eigenvalue weighted by Crippen LogP contribution is 2.40. The van der Waals surface area contributed by atoms with Crippen molar-refractivity contribution in [3.63, 3.8) is 0 Å². The van der Waals surface area contributed by atoms with E-state index < -0.39 is 29.7 Å². The molecule has 5 atom stereocenters. The van der Waals surface area contributed by atoms with Gasteiger partial charge in [-0.05, 0) is 118 Å². The van der Waals surface area contributed by atoms with Gasteiger partial charge in [0, 0.05) is 138 Å². The zero-order chi connectivity index (χ0) is 78.7. The third-order valence-electron chi connectivity index (χ3n) is 22.4. The smallest absolute Gasteiger partial charge is 0.408 e. The van der Waals surface area contributed by atoms with Gasteiger partial charge in [0.25, 0.3) is 0 Å². The molecule has 0 aliphatic carbocycles. The number of amides is 1. The fourth-order valence-electron chi connectivity index (χ4n) is 16.2. The molecule has 6 aliphatic rings. The Morgan fingerprint density at radius 1 is 0.430 bits per heavy atom. The van der Waals surface area contributed by atoms with Gasteiger partial charge in [-0.15, -0.1) is 0 Å². The van der Waals surface area contributed by atoms with Gasteiger partial charge in [0.2, 0.25) is 17.8 Å². The van der Waals surface area contributed by atoms with Crippen molar-refractivity contribution in [2.24, 2.45) is 17.6 Å². The van der Waals surface area contributed by atoms with Crippen molar-refractivity contribution in [2.45, 2.75) is 180 Å². The molecule has 27 nitrogen and oxygen atoms in total. The summed E-state index contributed by atoms with van der Waals surface area (Å²) in [6.45, 7) is 17.2. The Labute approximate surface area is 662 Å². The van der Waals surface area contributed by atoms with Crippen LogP contribution < -0.4 is 25.8 Å². The maximum atomic E-state index is 13.0. The van der Waals surface area contributed by atoms with Crippen molar-refractivity contribution >= 4 is 69.4 Å². The summed E-state index contributed by atoms with van der Waals surface area (Å²) < 4.78 is 23.6. The molecule has 9 aromatic heterocycles. The standard InChI is InChI=1S/C34H41N7O4.C29H33N7O2.C24H24N6O/c1-21(2)29(39-33(43)45-34(3,4)5)31(42)44-24-15-17-40(18-16-24)32-35-19-23(20-36-32)25-11-12-26-30(38-25)41-27(13-14-28(41)37-26)22-9-7-6-8-10-22;1-18(2)26(30)28(37)38-21-12-14-35(15-13-21)29-31-16-20(17-32-29)22-8-9-23-27(34-22)36-24(10-11-25(36)33-23)19-6-4-3-5-7-19;31-18-10-12-29(13-11-18)24-25-14-17(15-26-24)19-6-7-20-23(28-19)30-21(8-9-22(30)27-20)16-4-2-1-3-5-16/h6-12,19-21,24,27,29H,13-18H2,1-5H3,(H,39,43);3-9,16-18,21,24,26H,10-15,30H2,1-2H3;1-7,14-15,18,21,31H,8-13H2/t27-,29+;24-,26+;21-/m111/s1. The van der Waals surface area contributed by atoms with E-state index in [1.165, 1.54) is 16.7 Å². The average Bonchev–Trinajstić information content (AvgIpc) is 1.61. The molecule has 114 heavy (non-hydrogen) atoms. The lowest BCUT2D eigenvalue weighted by atomic mass is 10.0. The van der Waals surface area contributed by atoms with Crippen LogP contribution in [0.4, 0.5) is 22.6 Å². The molecule has 1 amide bonds. The first-order valence-electron chi connectivity index (χ1n) is 40.1. The third kappa shape index (κ3) is 16.7. The number of fused-ring (bicyclic) bond motifs is 9. The largest absolute Gasteiger partial charge is 0.461 e. The summed E-state index contributed by atoms with van der Waals surface area (Å²) in [5.41, 5.74) is 19.7. The van der Waals surface area contributed by atoms with E-state index in [0.717, 1.165) is 175 Å². The Bertz CT molecular complexity index is 5350. The predicted octanol–water partition coefficient (Wildman–Crippen LogP) is 12.8. The van der Waals surface area contributed by atoms with Crippen molar-refractivity contribution in [1.29, 1.82) is 0 Å². The van der Waals surface area contributed by atoms with E-state index in [0.29, 0.717) is 43.8 Å². The fourth-order valence-corrected chi connectivity index (χ4v) is 16.2. The highest BCUT2D eigenvalue weighted by Gasteiger charge is 2.36. The molecule has 0 spiro atoms. The highest BCUT2D eigenvalue weighted by atomic mass is 16.6. The number of nitrogens with zero attached hydrogens (tertiary/aromatic N) is 18. The second-order valence-electron chi connectivity index (χ2n) is 32.1. The van der Waals surface area contributed by atoms with E-state index in [2.05, 4.69) is 142 Å². The zero-order valence-electron chi connectivity index (χ0n) is 65.6. The van der Waals surface area contributed by atoms with Gasteiger partial charge in [-0.2, -0.15) is 0 Å². The van der Waals surface area contributed by atoms with Gasteiger partial charge in [0.15, 0.2) is 16.9 Å². The molecule has 27 heteroatoms. The van der Waals surface area contributed by atoms with Crippen molar-refractivity contribution in [3.05, 3.63) is 199 Å². The number of carbonyl (C=O) groups is 3. The minimum atomic E-state index is -0.783. The number of hydrogen-bond acceptors (Lipinski definition) is 23. The Morgan fingerprint density at radius 3 is 1.07 bits per heavy atom. The maximum absolute atomic E-state index is 13.0. The number of pyridine rings is 3. The number of esters is 2. The van der Waals surface area contributed by atoms with Crippen LogP contribution in [0, 0.1) is 11.8 Å². The van der Waals surface area contributed by atoms with Gasteiger partial charge in [0.1, 0.15) is 63.9 Å². The van der Waals surface area contributed by atoms with Crippen LogP contribution >= 0.6 is 0 Å². The molecule has 18 rings (SSSR count). The molecule has 0 bridgehead atoms. The summed E-state index contributed by atoms with van der Waals surface area (Å²) in [6.07, 6.45) is 20.0. The topological polar surface area (TPSA) is 316 Å². The predicted molar refractivity (Wildman–Crippen MR) is 435 cm³/mol. The number of aliphatic hydroxyl groups is 1. The van der Waals surface area contributed by atoms with E-state index in [4.69, 9.17) is 49.8 Å². The second kappa shape index (κ2) is 33.2. The van der Waals surface area contributed by atoms with Crippen LogP contribution in [-0.4, -0.2) is 172 Å². The molecule has 15 heterocycles. The third-order valence-corrected chi connectivity index (χ3v) is 22.4. The molecule has 0 saturated carbocycles. The lowest BCUT2D eigenvalue weighted by molar-refractivity contribution is -0.154. The quantitative estimate of drug-likeness (QED) is 0.0598. The van der Waals surface area contributed by atoms with Crippen LogP contribution in [0.3, 0.4) is 0 Å². The van der Waals surface area contributed by atoms with Crippen molar-refractivity contribution in [1.82, 2.24) is 78.8 Å². The van der Waals surface area contributed by atoms with Gasteiger partial charge in [-0.25, -0.2) is 69.4 Å². The number of anilines is 3. The number of benzene rings is 3. The number of carbonyl (C=O) groups excluding carboxylic acids is 3. The number of imidazole rings is 3. The lowest BCUT2D eigenvalue weighted by Gasteiger charge is -2.33. The first kappa shape index (κ1) is 76.3. The molecule has 6 aliphatic heterocycles. The molecule has 3 fully saturated rings. The number of nitrogens with one attached hydrogen (secondary N) is 1. The summed E-state index contributed by atoms with van der Waals surface area (Å²) in [4.78, 5) is 101. The Hall–Kier alpha value is -11.7. The summed E-state index contributed by atoms with van der Waals surface area (Å²) in [6, 6.07) is 43.2. The molecular weight excluding hydrogens is 1440 g/mol. The number of rotatable bonds is 16. The summed E-state index contributed by atoms with van der Waals surface area (Å²) >= 11 is 0. The zero-order valence-corrected chi connectivity index (χ0v) is 65.6. The van der Waals surface area contributed by atoms with Crippen LogP contribution in [0.1, 0.15) is 159 Å². The van der Waals surface area contributed by atoms with Crippen LogP contribution in [0.15, 0.2) is 165 Å². The first-order chi connectivity index (χ1) is 55.3. The van der Waals surface area contributed by atoms with Gasteiger partial charge in [-0.3, -0.25) is 4.79 Å². The second-order valence-corrected chi connectivity index (χ2v) is 32.1. The molecule has 3 aromatic carbocycles. The molecular formula is C87H98N20O7. The van der Waals surface area contributed by atoms with Crippen LogP contribution in [0.5, 0.6) is 0 Å². The molecule has 12 aromatic rings. The first-order valence-corrected chi connectivity index (χ1v) is 40.1. The fraction of sp³-hybridized carbons (Fsp3) is 0.414. The monoisotopic (exact) mass is 1530 g/mol. The van der Waals surface area contributed by atoms with E-state index in [1.807, 2.05) is 113 Å². The number of nitrogens with two attached hydrogens (primary N) is 1. The Morgan fingerprint density at radius 2 is 0.754 bits per heavy atom. The minimum absolute atomic E-state index is 0.0601. The van der Waals surface area contributed by atoms with Gasteiger partial charge in [-0.1, -0.05) is 119 Å². The Kier molecular flexibility index (Phi) is 22.2. The van der Waals surface area contributed by atoms with Crippen LogP contribution in [0.2, 0.25) is 0 Å². The summed E-state index contributed by atoms with van der Waals surface area (Å²) in [5.74, 6) is 4.43. The molecule has 0 radical (unpaired) electrons. The number of aromatic nitrogens is 15.